The van der Waals surface area contributed by atoms with E-state index in [1.54, 1.807) is 35.2 Å². The Hall–Kier alpha value is -1.83. The molecule has 0 unspecified atom stereocenters. The van der Waals surface area contributed by atoms with Crippen LogP contribution in [0.1, 0.15) is 31.4 Å². The van der Waals surface area contributed by atoms with Gasteiger partial charge in [-0.05, 0) is 25.7 Å². The van der Waals surface area contributed by atoms with Gasteiger partial charge in [-0.15, -0.1) is 11.3 Å². The van der Waals surface area contributed by atoms with E-state index >= 15 is 0 Å². The fourth-order valence-electron chi connectivity index (χ4n) is 3.40. The van der Waals surface area contributed by atoms with Crippen molar-refractivity contribution < 1.29 is 9.59 Å². The molecule has 1 aromatic rings. The minimum atomic E-state index is -0.130. The number of carbonyl (C=O) groups excluding carboxylic acids is 2. The van der Waals surface area contributed by atoms with E-state index in [1.807, 2.05) is 5.38 Å². The normalized spacial score (nSPS) is 20.6. The number of carbonyl (C=O) groups is 2. The Bertz CT molecular complexity index is 612. The van der Waals surface area contributed by atoms with Crippen molar-refractivity contribution in [3.63, 3.8) is 0 Å². The third-order valence-electron chi connectivity index (χ3n) is 4.81. The Morgan fingerprint density at radius 1 is 1.28 bits per heavy atom. The smallest absolute Gasteiger partial charge is 0.319 e. The van der Waals surface area contributed by atoms with Gasteiger partial charge >= 0.3 is 6.03 Å². The lowest BCUT2D eigenvalue weighted by atomic mass is 9.97. The monoisotopic (exact) mass is 365 g/mol. The molecular weight excluding hydrogens is 338 g/mol. The molecule has 138 valence electrons. The summed E-state index contributed by atoms with van der Waals surface area (Å²) in [6.45, 7) is 3.85. The van der Waals surface area contributed by atoms with Crippen molar-refractivity contribution >= 4 is 28.4 Å². The lowest BCUT2D eigenvalue weighted by Crippen LogP contribution is -2.48. The predicted molar refractivity (Wildman–Crippen MR) is 98.8 cm³/mol. The summed E-state index contributed by atoms with van der Waals surface area (Å²) in [6.07, 6.45) is 4.16. The van der Waals surface area contributed by atoms with Crippen molar-refractivity contribution in [2.45, 2.75) is 32.2 Å². The lowest BCUT2D eigenvalue weighted by molar-refractivity contribution is -0.126. The Balaban J connectivity index is 1.49. The van der Waals surface area contributed by atoms with Gasteiger partial charge in [0.05, 0.1) is 18.2 Å². The summed E-state index contributed by atoms with van der Waals surface area (Å²) in [6, 6.07) is -0.0211. The molecule has 1 N–H and O–H groups in total. The summed E-state index contributed by atoms with van der Waals surface area (Å²) in [5.41, 5.74) is 0.914. The first-order chi connectivity index (χ1) is 12.0. The van der Waals surface area contributed by atoms with Crippen LogP contribution < -0.4 is 10.2 Å². The number of hydrogen-bond donors (Lipinski definition) is 1. The third kappa shape index (κ3) is 4.42. The van der Waals surface area contributed by atoms with E-state index in [4.69, 9.17) is 0 Å². The van der Waals surface area contributed by atoms with Gasteiger partial charge in [0.25, 0.3) is 0 Å². The number of piperidine rings is 1. The molecule has 7 nitrogen and oxygen atoms in total. The zero-order valence-corrected chi connectivity index (χ0v) is 15.8. The van der Waals surface area contributed by atoms with Crippen LogP contribution in [0, 0.1) is 5.92 Å². The highest BCUT2D eigenvalue weighted by molar-refractivity contribution is 7.13. The number of rotatable bonds is 4. The van der Waals surface area contributed by atoms with Crippen LogP contribution >= 0.6 is 11.3 Å². The second-order valence-corrected chi connectivity index (χ2v) is 7.83. The summed E-state index contributed by atoms with van der Waals surface area (Å²) in [5, 5.41) is 6.08. The van der Waals surface area contributed by atoms with Gasteiger partial charge < -0.3 is 20.0 Å². The molecular formula is C17H27N5O2S. The molecule has 1 aromatic heterocycles. The zero-order chi connectivity index (χ0) is 17.8. The number of nitrogens with zero attached hydrogens (tertiary/aromatic N) is 4. The van der Waals surface area contributed by atoms with Crippen molar-refractivity contribution in [1.29, 1.82) is 0 Å². The standard InChI is InChI=1S/C17H27N5O2S/c1-20(2)17(24)22-9-5-6-13(11-22)15(23)18-10-14-12-25-16(19-14)21-7-3-4-8-21/h12-13H,3-11H2,1-2H3,(H,18,23)/t13-/m1/s1. The average molecular weight is 366 g/mol. The van der Waals surface area contributed by atoms with Crippen LogP contribution in [-0.4, -0.2) is 67.0 Å². The minimum Gasteiger partial charge on any atom is -0.350 e. The molecule has 3 heterocycles. The van der Waals surface area contributed by atoms with Crippen molar-refractivity contribution in [3.8, 4) is 0 Å². The molecule has 0 aliphatic carbocycles. The summed E-state index contributed by atoms with van der Waals surface area (Å²) in [5.74, 6) is -0.110. The number of amides is 3. The van der Waals surface area contributed by atoms with Gasteiger partial charge in [-0.25, -0.2) is 9.78 Å². The molecule has 2 aliphatic heterocycles. The number of aromatic nitrogens is 1. The summed E-state index contributed by atoms with van der Waals surface area (Å²) in [4.78, 5) is 34.8. The molecule has 0 bridgehead atoms. The largest absolute Gasteiger partial charge is 0.350 e. The number of thiazole rings is 1. The molecule has 0 spiro atoms. The molecule has 3 rings (SSSR count). The molecule has 2 fully saturated rings. The second kappa shape index (κ2) is 8.03. The van der Waals surface area contributed by atoms with E-state index in [2.05, 4.69) is 15.2 Å². The van der Waals surface area contributed by atoms with Gasteiger partial charge in [-0.1, -0.05) is 0 Å². The second-order valence-electron chi connectivity index (χ2n) is 7.00. The Morgan fingerprint density at radius 2 is 2.04 bits per heavy atom. The van der Waals surface area contributed by atoms with Crippen LogP contribution in [0.5, 0.6) is 0 Å². The molecule has 8 heteroatoms. The zero-order valence-electron chi connectivity index (χ0n) is 15.0. The summed E-state index contributed by atoms with van der Waals surface area (Å²) >= 11 is 1.65. The van der Waals surface area contributed by atoms with Crippen LogP contribution in [0.25, 0.3) is 0 Å². The van der Waals surface area contributed by atoms with Gasteiger partial charge in [-0.2, -0.15) is 0 Å². The minimum absolute atomic E-state index is 0.0204. The first kappa shape index (κ1) is 18.0. The van der Waals surface area contributed by atoms with Gasteiger partial charge in [0.1, 0.15) is 0 Å². The van der Waals surface area contributed by atoms with E-state index in [0.717, 1.165) is 43.3 Å². The van der Waals surface area contributed by atoms with E-state index in [-0.39, 0.29) is 17.9 Å². The number of hydrogen-bond acceptors (Lipinski definition) is 5. The van der Waals surface area contributed by atoms with Crippen molar-refractivity contribution in [3.05, 3.63) is 11.1 Å². The van der Waals surface area contributed by atoms with Crippen LogP contribution in [-0.2, 0) is 11.3 Å². The van der Waals surface area contributed by atoms with E-state index < -0.39 is 0 Å². The average Bonchev–Trinajstić information content (AvgIpc) is 3.30. The Labute approximate surface area is 153 Å². The van der Waals surface area contributed by atoms with Crippen LogP contribution in [0.4, 0.5) is 9.93 Å². The van der Waals surface area contributed by atoms with E-state index in [1.165, 1.54) is 12.8 Å². The highest BCUT2D eigenvalue weighted by Crippen LogP contribution is 2.24. The fourth-order valence-corrected chi connectivity index (χ4v) is 4.28. The molecule has 3 amide bonds. The molecule has 2 aliphatic rings. The fraction of sp³-hybridized carbons (Fsp3) is 0.706. The molecule has 0 aromatic carbocycles. The maximum Gasteiger partial charge on any atom is 0.319 e. The van der Waals surface area contributed by atoms with Gasteiger partial charge in [-0.3, -0.25) is 4.79 Å². The maximum atomic E-state index is 12.5. The van der Waals surface area contributed by atoms with Crippen LogP contribution in [0.2, 0.25) is 0 Å². The summed E-state index contributed by atoms with van der Waals surface area (Å²) in [7, 11) is 3.48. The Morgan fingerprint density at radius 3 is 2.76 bits per heavy atom. The SMILES string of the molecule is CN(C)C(=O)N1CCC[C@@H](C(=O)NCc2csc(N3CCCC3)n2)C1. The predicted octanol–water partition coefficient (Wildman–Crippen LogP) is 1.75. The topological polar surface area (TPSA) is 68.8 Å². The molecule has 0 saturated carbocycles. The van der Waals surface area contributed by atoms with Crippen molar-refractivity contribution in [2.24, 2.45) is 5.92 Å². The Kier molecular flexibility index (Phi) is 5.78. The maximum absolute atomic E-state index is 12.5. The number of urea groups is 1. The highest BCUT2D eigenvalue weighted by Gasteiger charge is 2.29. The molecule has 2 saturated heterocycles. The summed E-state index contributed by atoms with van der Waals surface area (Å²) < 4.78 is 0. The van der Waals surface area contributed by atoms with Crippen molar-refractivity contribution in [1.82, 2.24) is 20.1 Å². The van der Waals surface area contributed by atoms with Gasteiger partial charge in [0.15, 0.2) is 5.13 Å². The number of likely N-dealkylation sites (tertiary alicyclic amines) is 1. The molecule has 1 atom stereocenters. The number of anilines is 1. The third-order valence-corrected chi connectivity index (χ3v) is 5.76. The van der Waals surface area contributed by atoms with Crippen LogP contribution in [0.3, 0.4) is 0 Å². The van der Waals surface area contributed by atoms with Crippen molar-refractivity contribution in [2.75, 3.05) is 45.2 Å². The molecule has 25 heavy (non-hydrogen) atoms. The van der Waals surface area contributed by atoms with Crippen LogP contribution in [0.15, 0.2) is 5.38 Å². The van der Waals surface area contributed by atoms with Gasteiger partial charge in [0, 0.05) is 45.7 Å². The molecule has 0 radical (unpaired) electrons. The first-order valence-electron chi connectivity index (χ1n) is 8.98. The number of nitrogens with one attached hydrogen (secondary N) is 1. The van der Waals surface area contributed by atoms with E-state index in [0.29, 0.717) is 13.1 Å². The lowest BCUT2D eigenvalue weighted by Gasteiger charge is -2.33. The highest BCUT2D eigenvalue weighted by atomic mass is 32.1. The van der Waals surface area contributed by atoms with E-state index in [9.17, 15) is 9.59 Å². The quantitative estimate of drug-likeness (QED) is 0.883. The first-order valence-corrected chi connectivity index (χ1v) is 9.86. The van der Waals surface area contributed by atoms with Gasteiger partial charge in [0.2, 0.25) is 5.91 Å².